The van der Waals surface area contributed by atoms with Crippen molar-refractivity contribution in [2.45, 2.75) is 25.4 Å². The minimum Gasteiger partial charge on any atom is -0.365 e. The van der Waals surface area contributed by atoms with E-state index >= 15 is 0 Å². The molecule has 0 aromatic heterocycles. The minimum atomic E-state index is -0.633. The number of ether oxygens (including phenoxy) is 1. The van der Waals surface area contributed by atoms with Gasteiger partial charge in [0.2, 0.25) is 0 Å². The molecule has 1 fully saturated rings. The van der Waals surface area contributed by atoms with Crippen molar-refractivity contribution in [2.75, 3.05) is 20.2 Å². The van der Waals surface area contributed by atoms with Crippen LogP contribution in [0.3, 0.4) is 0 Å². The number of rotatable bonds is 2. The molecule has 1 aliphatic heterocycles. The summed E-state index contributed by atoms with van der Waals surface area (Å²) in [6.45, 7) is 2.85. The van der Waals surface area contributed by atoms with Gasteiger partial charge in [-0.15, -0.1) is 6.42 Å². The smallest absolute Gasteiger partial charge is 0.255 e. The maximum atomic E-state index is 11.8. The molecule has 3 nitrogen and oxygen atoms in total. The minimum absolute atomic E-state index is 0.0112. The third kappa shape index (κ3) is 2.02. The second-order valence-corrected chi connectivity index (χ2v) is 3.55. The van der Waals surface area contributed by atoms with Crippen LogP contribution < -0.4 is 0 Å². The molecule has 1 heterocycles. The molecule has 0 bridgehead atoms. The number of hydrogen-bond acceptors (Lipinski definition) is 2. The van der Waals surface area contributed by atoms with E-state index in [1.807, 2.05) is 6.92 Å². The molecule has 0 N–H and O–H groups in total. The molecule has 1 atom stereocenters. The molecule has 0 radical (unpaired) electrons. The summed E-state index contributed by atoms with van der Waals surface area (Å²) in [4.78, 5) is 13.3. The number of amides is 1. The highest BCUT2D eigenvalue weighted by Crippen LogP contribution is 2.26. The molecular weight excluding hydrogens is 166 g/mol. The molecule has 1 amide bonds. The molecule has 13 heavy (non-hydrogen) atoms. The Hall–Kier alpha value is -1.01. The molecular formula is C10H15NO2. The van der Waals surface area contributed by atoms with Crippen LogP contribution in [0.15, 0.2) is 0 Å². The molecule has 3 heteroatoms. The van der Waals surface area contributed by atoms with Crippen LogP contribution in [0.4, 0.5) is 0 Å². The lowest BCUT2D eigenvalue weighted by Gasteiger charge is -2.26. The van der Waals surface area contributed by atoms with E-state index in [1.165, 1.54) is 4.90 Å². The average Bonchev–Trinajstić information content (AvgIpc) is 2.52. The molecule has 1 saturated heterocycles. The summed E-state index contributed by atoms with van der Waals surface area (Å²) in [5.41, 5.74) is -0.633. The Morgan fingerprint density at radius 3 is 2.92 bits per heavy atom. The zero-order chi connectivity index (χ0) is 9.90. The second-order valence-electron chi connectivity index (χ2n) is 3.55. The summed E-state index contributed by atoms with van der Waals surface area (Å²) in [6, 6.07) is 0. The van der Waals surface area contributed by atoms with E-state index in [0.717, 1.165) is 12.8 Å². The maximum Gasteiger partial charge on any atom is 0.255 e. The van der Waals surface area contributed by atoms with Gasteiger partial charge in [-0.3, -0.25) is 4.79 Å². The molecule has 0 spiro atoms. The van der Waals surface area contributed by atoms with E-state index in [9.17, 15) is 4.79 Å². The summed E-state index contributed by atoms with van der Waals surface area (Å²) in [5, 5.41) is 0. The average molecular weight is 181 g/mol. The SMILES string of the molecule is C#CCN(C)C(=O)C1(C)CCCO1. The van der Waals surface area contributed by atoms with Crippen LogP contribution in [0.1, 0.15) is 19.8 Å². The van der Waals surface area contributed by atoms with Crippen molar-refractivity contribution in [1.82, 2.24) is 4.90 Å². The van der Waals surface area contributed by atoms with Gasteiger partial charge in [-0.1, -0.05) is 5.92 Å². The van der Waals surface area contributed by atoms with Gasteiger partial charge in [0.1, 0.15) is 5.60 Å². The van der Waals surface area contributed by atoms with E-state index in [-0.39, 0.29) is 5.91 Å². The molecule has 1 aliphatic rings. The van der Waals surface area contributed by atoms with Crippen molar-refractivity contribution < 1.29 is 9.53 Å². The first-order chi connectivity index (χ1) is 6.10. The van der Waals surface area contributed by atoms with Gasteiger partial charge in [0, 0.05) is 13.7 Å². The molecule has 1 unspecified atom stereocenters. The van der Waals surface area contributed by atoms with Gasteiger partial charge in [-0.05, 0) is 19.8 Å². The topological polar surface area (TPSA) is 29.5 Å². The lowest BCUT2D eigenvalue weighted by molar-refractivity contribution is -0.148. The van der Waals surface area contributed by atoms with Gasteiger partial charge in [0.15, 0.2) is 0 Å². The van der Waals surface area contributed by atoms with Gasteiger partial charge in [-0.25, -0.2) is 0 Å². The Labute approximate surface area is 79.1 Å². The zero-order valence-corrected chi connectivity index (χ0v) is 8.17. The predicted octanol–water partition coefficient (Wildman–Crippen LogP) is 0.647. The van der Waals surface area contributed by atoms with E-state index < -0.39 is 5.60 Å². The third-order valence-corrected chi connectivity index (χ3v) is 2.35. The number of carbonyl (C=O) groups excluding carboxylic acids is 1. The summed E-state index contributed by atoms with van der Waals surface area (Å²) in [6.07, 6.45) is 6.87. The highest BCUT2D eigenvalue weighted by atomic mass is 16.5. The molecule has 1 rings (SSSR count). The molecule has 0 aromatic carbocycles. The Morgan fingerprint density at radius 2 is 2.46 bits per heavy atom. The lowest BCUT2D eigenvalue weighted by atomic mass is 10.0. The van der Waals surface area contributed by atoms with Crippen LogP contribution in [0.25, 0.3) is 0 Å². The van der Waals surface area contributed by atoms with Crippen molar-refractivity contribution in [3.8, 4) is 12.3 Å². The van der Waals surface area contributed by atoms with Crippen molar-refractivity contribution in [3.63, 3.8) is 0 Å². The second kappa shape index (κ2) is 3.80. The Bertz CT molecular complexity index is 236. The highest BCUT2D eigenvalue weighted by Gasteiger charge is 2.39. The molecule has 0 aliphatic carbocycles. The number of likely N-dealkylation sites (N-methyl/N-ethyl adjacent to an activating group) is 1. The van der Waals surface area contributed by atoms with Crippen molar-refractivity contribution in [3.05, 3.63) is 0 Å². The quantitative estimate of drug-likeness (QED) is 0.585. The largest absolute Gasteiger partial charge is 0.365 e. The normalized spacial score (nSPS) is 26.8. The summed E-state index contributed by atoms with van der Waals surface area (Å²) >= 11 is 0. The fraction of sp³-hybridized carbons (Fsp3) is 0.700. The van der Waals surface area contributed by atoms with Crippen LogP contribution in [0.5, 0.6) is 0 Å². The van der Waals surface area contributed by atoms with Crippen LogP contribution in [-0.4, -0.2) is 36.6 Å². The van der Waals surface area contributed by atoms with Crippen LogP contribution >= 0.6 is 0 Å². The van der Waals surface area contributed by atoms with Crippen molar-refractivity contribution in [2.24, 2.45) is 0 Å². The van der Waals surface area contributed by atoms with E-state index in [1.54, 1.807) is 7.05 Å². The van der Waals surface area contributed by atoms with Crippen molar-refractivity contribution >= 4 is 5.91 Å². The third-order valence-electron chi connectivity index (χ3n) is 2.35. The summed E-state index contributed by atoms with van der Waals surface area (Å²) in [7, 11) is 1.70. The van der Waals surface area contributed by atoms with Crippen LogP contribution in [0, 0.1) is 12.3 Å². The fourth-order valence-corrected chi connectivity index (χ4v) is 1.56. The molecule has 72 valence electrons. The maximum absolute atomic E-state index is 11.8. The first-order valence-electron chi connectivity index (χ1n) is 4.43. The van der Waals surface area contributed by atoms with Gasteiger partial charge >= 0.3 is 0 Å². The first kappa shape index (κ1) is 10.1. The number of carbonyl (C=O) groups is 1. The van der Waals surface area contributed by atoms with Gasteiger partial charge in [0.25, 0.3) is 5.91 Å². The fourth-order valence-electron chi connectivity index (χ4n) is 1.56. The Balaban J connectivity index is 2.61. The summed E-state index contributed by atoms with van der Waals surface area (Å²) < 4.78 is 5.41. The molecule has 0 saturated carbocycles. The Morgan fingerprint density at radius 1 is 1.77 bits per heavy atom. The summed E-state index contributed by atoms with van der Waals surface area (Å²) in [5.74, 6) is 2.43. The number of terminal acetylenes is 1. The standard InChI is InChI=1S/C10H15NO2/c1-4-7-11(3)9(12)10(2)6-5-8-13-10/h1H,5-8H2,2-3H3. The van der Waals surface area contributed by atoms with Crippen molar-refractivity contribution in [1.29, 1.82) is 0 Å². The van der Waals surface area contributed by atoms with Gasteiger partial charge in [0.05, 0.1) is 6.54 Å². The van der Waals surface area contributed by atoms with E-state index in [0.29, 0.717) is 13.2 Å². The first-order valence-corrected chi connectivity index (χ1v) is 4.43. The monoisotopic (exact) mass is 181 g/mol. The Kier molecular flexibility index (Phi) is 2.94. The zero-order valence-electron chi connectivity index (χ0n) is 8.17. The van der Waals surface area contributed by atoms with Gasteiger partial charge in [-0.2, -0.15) is 0 Å². The lowest BCUT2D eigenvalue weighted by Crippen LogP contribution is -2.45. The van der Waals surface area contributed by atoms with Gasteiger partial charge < -0.3 is 9.64 Å². The number of hydrogen-bond donors (Lipinski definition) is 0. The highest BCUT2D eigenvalue weighted by molar-refractivity contribution is 5.85. The van der Waals surface area contributed by atoms with Crippen LogP contribution in [0.2, 0.25) is 0 Å². The van der Waals surface area contributed by atoms with Crippen LogP contribution in [-0.2, 0) is 9.53 Å². The predicted molar refractivity (Wildman–Crippen MR) is 50.1 cm³/mol. The molecule has 0 aromatic rings. The van der Waals surface area contributed by atoms with E-state index in [4.69, 9.17) is 11.2 Å². The van der Waals surface area contributed by atoms with E-state index in [2.05, 4.69) is 5.92 Å². The number of nitrogens with zero attached hydrogens (tertiary/aromatic N) is 1.